The van der Waals surface area contributed by atoms with Crippen molar-refractivity contribution in [2.75, 3.05) is 7.11 Å². The molecule has 0 heterocycles. The van der Waals surface area contributed by atoms with Gasteiger partial charge in [0, 0.05) is 17.1 Å². The van der Waals surface area contributed by atoms with Crippen molar-refractivity contribution in [2.24, 2.45) is 5.10 Å². The molecule has 0 saturated heterocycles. The molecule has 3 rings (SSSR count). The molecule has 0 aliphatic carbocycles. The predicted octanol–water partition coefficient (Wildman–Crippen LogP) is 3.83. The van der Waals surface area contributed by atoms with Crippen LogP contribution in [0.3, 0.4) is 0 Å². The number of carbonyl (C=O) groups is 2. The largest absolute Gasteiger partial charge is 0.493 e. The van der Waals surface area contributed by atoms with Crippen LogP contribution in [-0.2, 0) is 22.7 Å². The lowest BCUT2D eigenvalue weighted by atomic mass is 10.2. The molecule has 3 aromatic rings. The third-order valence-electron chi connectivity index (χ3n) is 4.47. The lowest BCUT2D eigenvalue weighted by Crippen LogP contribution is -2.37. The molecular formula is C24H21ClFN3O4. The van der Waals surface area contributed by atoms with Crippen LogP contribution in [0.5, 0.6) is 11.5 Å². The second-order valence-corrected chi connectivity index (χ2v) is 7.24. The molecule has 9 heteroatoms. The van der Waals surface area contributed by atoms with Crippen molar-refractivity contribution in [3.05, 3.63) is 94.3 Å². The Morgan fingerprint density at radius 1 is 1.00 bits per heavy atom. The van der Waals surface area contributed by atoms with E-state index in [0.717, 1.165) is 11.1 Å². The summed E-state index contributed by atoms with van der Waals surface area (Å²) in [4.78, 5) is 24.0. The fourth-order valence-corrected chi connectivity index (χ4v) is 2.89. The minimum atomic E-state index is -0.920. The maximum absolute atomic E-state index is 13.1. The Morgan fingerprint density at radius 3 is 2.39 bits per heavy atom. The number of hydrogen-bond acceptors (Lipinski definition) is 5. The van der Waals surface area contributed by atoms with Crippen molar-refractivity contribution in [1.82, 2.24) is 10.7 Å². The van der Waals surface area contributed by atoms with E-state index in [4.69, 9.17) is 21.1 Å². The Balaban J connectivity index is 1.59. The van der Waals surface area contributed by atoms with Crippen LogP contribution in [0.2, 0.25) is 5.02 Å². The van der Waals surface area contributed by atoms with Crippen LogP contribution in [-0.4, -0.2) is 25.1 Å². The first kappa shape index (κ1) is 23.7. The van der Waals surface area contributed by atoms with E-state index >= 15 is 0 Å². The van der Waals surface area contributed by atoms with E-state index in [-0.39, 0.29) is 19.0 Å². The van der Waals surface area contributed by atoms with Gasteiger partial charge in [0.15, 0.2) is 11.5 Å². The number of nitrogens with zero attached hydrogens (tertiary/aromatic N) is 1. The Labute approximate surface area is 195 Å². The quantitative estimate of drug-likeness (QED) is 0.298. The monoisotopic (exact) mass is 469 g/mol. The minimum absolute atomic E-state index is 0.168. The number of benzene rings is 3. The Hall–Kier alpha value is -3.91. The average molecular weight is 470 g/mol. The van der Waals surface area contributed by atoms with Crippen molar-refractivity contribution < 1.29 is 23.5 Å². The van der Waals surface area contributed by atoms with E-state index in [2.05, 4.69) is 15.8 Å². The van der Waals surface area contributed by atoms with Gasteiger partial charge in [0.2, 0.25) is 0 Å². The fraction of sp³-hybridized carbons (Fsp3) is 0.125. The van der Waals surface area contributed by atoms with Crippen molar-refractivity contribution in [2.45, 2.75) is 13.2 Å². The summed E-state index contributed by atoms with van der Waals surface area (Å²) >= 11 is 5.82. The third-order valence-corrected chi connectivity index (χ3v) is 4.72. The van der Waals surface area contributed by atoms with Gasteiger partial charge in [-0.3, -0.25) is 9.59 Å². The van der Waals surface area contributed by atoms with E-state index < -0.39 is 11.8 Å². The first-order valence-corrected chi connectivity index (χ1v) is 10.2. The molecule has 0 atom stereocenters. The van der Waals surface area contributed by atoms with Crippen LogP contribution in [0, 0.1) is 5.82 Å². The molecule has 2 amide bonds. The van der Waals surface area contributed by atoms with Gasteiger partial charge in [-0.05, 0) is 47.5 Å². The zero-order valence-corrected chi connectivity index (χ0v) is 18.4. The normalized spacial score (nSPS) is 10.6. The lowest BCUT2D eigenvalue weighted by Gasteiger charge is -2.13. The Morgan fingerprint density at radius 2 is 1.70 bits per heavy atom. The number of carbonyl (C=O) groups excluding carboxylic acids is 2. The van der Waals surface area contributed by atoms with Gasteiger partial charge in [-0.15, -0.1) is 0 Å². The van der Waals surface area contributed by atoms with E-state index in [1.54, 1.807) is 54.6 Å². The third kappa shape index (κ3) is 7.05. The van der Waals surface area contributed by atoms with E-state index in [0.29, 0.717) is 22.1 Å². The molecule has 0 radical (unpaired) electrons. The van der Waals surface area contributed by atoms with Gasteiger partial charge in [-0.25, -0.2) is 9.82 Å². The molecule has 33 heavy (non-hydrogen) atoms. The molecule has 0 saturated carbocycles. The maximum Gasteiger partial charge on any atom is 0.329 e. The SMILES string of the molecule is COc1cccc(/C=N\NC(=O)C(=O)NCc2ccc(Cl)cc2)c1OCc1ccc(F)cc1. The van der Waals surface area contributed by atoms with Crippen molar-refractivity contribution in [3.63, 3.8) is 0 Å². The highest BCUT2D eigenvalue weighted by Crippen LogP contribution is 2.30. The predicted molar refractivity (Wildman–Crippen MR) is 123 cm³/mol. The summed E-state index contributed by atoms with van der Waals surface area (Å²) in [5.41, 5.74) is 4.25. The average Bonchev–Trinajstić information content (AvgIpc) is 2.83. The molecule has 0 aliphatic rings. The Kier molecular flexibility index (Phi) is 8.37. The summed E-state index contributed by atoms with van der Waals surface area (Å²) in [5, 5.41) is 6.92. The van der Waals surface area contributed by atoms with Crippen molar-refractivity contribution in [1.29, 1.82) is 0 Å². The number of rotatable bonds is 8. The molecule has 0 fully saturated rings. The molecular weight excluding hydrogens is 449 g/mol. The first-order chi connectivity index (χ1) is 16.0. The zero-order chi connectivity index (χ0) is 23.6. The summed E-state index contributed by atoms with van der Waals surface area (Å²) in [7, 11) is 1.49. The number of halogens is 2. The highest BCUT2D eigenvalue weighted by Gasteiger charge is 2.13. The highest BCUT2D eigenvalue weighted by molar-refractivity contribution is 6.35. The summed E-state index contributed by atoms with van der Waals surface area (Å²) in [6.45, 7) is 0.339. The summed E-state index contributed by atoms with van der Waals surface area (Å²) < 4.78 is 24.3. The Bertz CT molecular complexity index is 1140. The molecule has 2 N–H and O–H groups in total. The number of methoxy groups -OCH3 is 1. The minimum Gasteiger partial charge on any atom is -0.493 e. The van der Waals surface area contributed by atoms with Crippen LogP contribution < -0.4 is 20.2 Å². The van der Waals surface area contributed by atoms with Crippen LogP contribution >= 0.6 is 11.6 Å². The molecule has 0 unspecified atom stereocenters. The van der Waals surface area contributed by atoms with E-state index in [1.165, 1.54) is 25.5 Å². The van der Waals surface area contributed by atoms with E-state index in [1.807, 2.05) is 0 Å². The standard InChI is InChI=1S/C24H21ClFN3O4/c1-32-21-4-2-3-18(22(21)33-15-17-7-11-20(26)12-8-17)14-28-29-24(31)23(30)27-13-16-5-9-19(25)10-6-16/h2-12,14H,13,15H2,1H3,(H,27,30)(H,29,31)/b28-14-. The van der Waals surface area contributed by atoms with E-state index in [9.17, 15) is 14.0 Å². The second-order valence-electron chi connectivity index (χ2n) is 6.80. The number of ether oxygens (including phenoxy) is 2. The smallest absolute Gasteiger partial charge is 0.329 e. The van der Waals surface area contributed by atoms with Gasteiger partial charge < -0.3 is 14.8 Å². The van der Waals surface area contributed by atoms with Crippen LogP contribution in [0.4, 0.5) is 4.39 Å². The second kappa shape index (κ2) is 11.6. The molecule has 0 aliphatic heterocycles. The summed E-state index contributed by atoms with van der Waals surface area (Å²) in [6.07, 6.45) is 1.34. The molecule has 0 aromatic heterocycles. The van der Waals surface area contributed by atoms with Crippen LogP contribution in [0.15, 0.2) is 71.8 Å². The molecule has 3 aromatic carbocycles. The van der Waals surface area contributed by atoms with Gasteiger partial charge >= 0.3 is 11.8 Å². The van der Waals surface area contributed by atoms with Gasteiger partial charge in [0.1, 0.15) is 12.4 Å². The van der Waals surface area contributed by atoms with Gasteiger partial charge in [-0.1, -0.05) is 41.9 Å². The number of para-hydroxylation sites is 1. The zero-order valence-electron chi connectivity index (χ0n) is 17.7. The number of hydrogen-bond donors (Lipinski definition) is 2. The molecule has 0 spiro atoms. The maximum atomic E-state index is 13.1. The van der Waals surface area contributed by atoms with Gasteiger partial charge in [0.05, 0.1) is 13.3 Å². The van der Waals surface area contributed by atoms with Gasteiger partial charge in [-0.2, -0.15) is 5.10 Å². The number of hydrazone groups is 1. The molecule has 7 nitrogen and oxygen atoms in total. The van der Waals surface area contributed by atoms with Crippen molar-refractivity contribution in [3.8, 4) is 11.5 Å². The molecule has 170 valence electrons. The van der Waals surface area contributed by atoms with Gasteiger partial charge in [0.25, 0.3) is 0 Å². The summed E-state index contributed by atoms with van der Waals surface area (Å²) in [6, 6.07) is 17.9. The lowest BCUT2D eigenvalue weighted by molar-refractivity contribution is -0.139. The van der Waals surface area contributed by atoms with Crippen LogP contribution in [0.25, 0.3) is 0 Å². The highest BCUT2D eigenvalue weighted by atomic mass is 35.5. The first-order valence-electron chi connectivity index (χ1n) is 9.86. The number of nitrogens with one attached hydrogen (secondary N) is 2. The van der Waals surface area contributed by atoms with Crippen LogP contribution in [0.1, 0.15) is 16.7 Å². The van der Waals surface area contributed by atoms with Crippen molar-refractivity contribution >= 4 is 29.6 Å². The summed E-state index contributed by atoms with van der Waals surface area (Å²) in [5.74, 6) is -1.25. The topological polar surface area (TPSA) is 89.0 Å². The number of amides is 2. The molecule has 0 bridgehead atoms. The fourth-order valence-electron chi connectivity index (χ4n) is 2.76.